The Morgan fingerprint density at radius 3 is 2.39 bits per heavy atom. The maximum absolute atomic E-state index is 12.1. The number of carbonyl (C=O) groups is 3. The molecule has 0 spiro atoms. The third-order valence-corrected chi connectivity index (χ3v) is 2.73. The van der Waals surface area contributed by atoms with Gasteiger partial charge in [0.05, 0.1) is 5.56 Å². The molecule has 1 aromatic carbocycles. The van der Waals surface area contributed by atoms with Crippen LogP contribution in [0.5, 0.6) is 5.75 Å². The predicted molar refractivity (Wildman–Crippen MR) is 78.7 cm³/mol. The Morgan fingerprint density at radius 2 is 1.78 bits per heavy atom. The van der Waals surface area contributed by atoms with Gasteiger partial charge in [-0.3, -0.25) is 4.79 Å². The van der Waals surface area contributed by atoms with Crippen molar-refractivity contribution in [3.8, 4) is 5.75 Å². The number of rotatable bonds is 6. The molecule has 0 unspecified atom stereocenters. The molecule has 0 aliphatic rings. The quantitative estimate of drug-likeness (QED) is 0.737. The number of carboxylic acids is 2. The van der Waals surface area contributed by atoms with E-state index < -0.39 is 24.5 Å². The van der Waals surface area contributed by atoms with Gasteiger partial charge in [-0.2, -0.15) is 0 Å². The monoisotopic (exact) mass is 316 g/mol. The minimum atomic E-state index is -1.30. The second-order valence-corrected chi connectivity index (χ2v) is 4.37. The van der Waals surface area contributed by atoms with Crippen molar-refractivity contribution in [2.24, 2.45) is 0 Å². The Kier molecular flexibility index (Phi) is 4.88. The first kappa shape index (κ1) is 16.0. The largest absolute Gasteiger partial charge is 0.482 e. The van der Waals surface area contributed by atoms with Gasteiger partial charge in [0, 0.05) is 11.9 Å². The van der Waals surface area contributed by atoms with Crippen molar-refractivity contribution in [3.05, 3.63) is 53.9 Å². The van der Waals surface area contributed by atoms with Gasteiger partial charge in [0.15, 0.2) is 12.3 Å². The Morgan fingerprint density at radius 1 is 1.09 bits per heavy atom. The molecule has 8 nitrogen and oxygen atoms in total. The Bertz CT molecular complexity index is 742. The van der Waals surface area contributed by atoms with Gasteiger partial charge in [-0.15, -0.1) is 0 Å². The average Bonchev–Trinajstić information content (AvgIpc) is 2.54. The van der Waals surface area contributed by atoms with Crippen molar-refractivity contribution in [1.29, 1.82) is 0 Å². The summed E-state index contributed by atoms with van der Waals surface area (Å²) in [6.07, 6.45) is 1.29. The predicted octanol–water partition coefficient (Wildman–Crippen LogP) is 1.50. The van der Waals surface area contributed by atoms with Gasteiger partial charge in [-0.25, -0.2) is 14.6 Å². The van der Waals surface area contributed by atoms with Crippen LogP contribution >= 0.6 is 0 Å². The lowest BCUT2D eigenvalue weighted by atomic mass is 10.1. The van der Waals surface area contributed by atoms with E-state index in [9.17, 15) is 14.4 Å². The normalized spacial score (nSPS) is 9.91. The summed E-state index contributed by atoms with van der Waals surface area (Å²) in [7, 11) is 0. The van der Waals surface area contributed by atoms with Crippen molar-refractivity contribution < 1.29 is 29.3 Å². The number of hydrogen-bond acceptors (Lipinski definition) is 5. The zero-order valence-electron chi connectivity index (χ0n) is 11.7. The molecule has 8 heteroatoms. The second-order valence-electron chi connectivity index (χ2n) is 4.37. The van der Waals surface area contributed by atoms with E-state index in [0.717, 1.165) is 0 Å². The fourth-order valence-electron chi connectivity index (χ4n) is 1.74. The molecule has 0 aliphatic heterocycles. The van der Waals surface area contributed by atoms with Crippen LogP contribution in [0.3, 0.4) is 0 Å². The van der Waals surface area contributed by atoms with Gasteiger partial charge in [-0.1, -0.05) is 0 Å². The summed E-state index contributed by atoms with van der Waals surface area (Å²) in [5.74, 6) is -2.68. The highest BCUT2D eigenvalue weighted by Gasteiger charge is 2.17. The van der Waals surface area contributed by atoms with E-state index in [1.807, 2.05) is 0 Å². The summed E-state index contributed by atoms with van der Waals surface area (Å²) in [6, 6.07) is 8.80. The molecule has 0 atom stereocenters. The molecule has 0 saturated heterocycles. The molecule has 1 aromatic heterocycles. The fourth-order valence-corrected chi connectivity index (χ4v) is 1.74. The maximum atomic E-state index is 12.1. The van der Waals surface area contributed by atoms with Crippen LogP contribution in [-0.2, 0) is 4.79 Å². The number of aromatic nitrogens is 1. The van der Waals surface area contributed by atoms with E-state index in [1.165, 1.54) is 42.6 Å². The van der Waals surface area contributed by atoms with Crippen LogP contribution < -0.4 is 10.1 Å². The minimum Gasteiger partial charge on any atom is -0.482 e. The minimum absolute atomic E-state index is 0.0637. The number of nitrogens with zero attached hydrogens (tertiary/aromatic N) is 1. The number of anilines is 1. The second kappa shape index (κ2) is 7.03. The number of benzene rings is 1. The molecular weight excluding hydrogens is 304 g/mol. The van der Waals surface area contributed by atoms with E-state index in [0.29, 0.717) is 11.4 Å². The van der Waals surface area contributed by atoms with E-state index in [2.05, 4.69) is 10.3 Å². The zero-order valence-corrected chi connectivity index (χ0v) is 11.7. The van der Waals surface area contributed by atoms with Crippen LogP contribution in [0.1, 0.15) is 20.8 Å². The number of carboxylic acid groups (broad SMARTS) is 2. The SMILES string of the molecule is O=C(O)COc1ccc(NC(=O)c2cccnc2C(=O)O)cc1. The highest BCUT2D eigenvalue weighted by atomic mass is 16.5. The van der Waals surface area contributed by atoms with Gasteiger partial charge in [0.1, 0.15) is 5.75 Å². The summed E-state index contributed by atoms with van der Waals surface area (Å²) in [5.41, 5.74) is -0.00418. The standard InChI is InChI=1S/C15H12N2O6/c18-12(19)8-23-10-5-3-9(4-6-10)17-14(20)11-2-1-7-16-13(11)15(21)22/h1-7H,8H2,(H,17,20)(H,18,19)(H,21,22). The number of aliphatic carboxylic acids is 1. The maximum Gasteiger partial charge on any atom is 0.355 e. The van der Waals surface area contributed by atoms with E-state index in [1.54, 1.807) is 0 Å². The van der Waals surface area contributed by atoms with Gasteiger partial charge in [0.25, 0.3) is 5.91 Å². The average molecular weight is 316 g/mol. The molecule has 0 radical (unpaired) electrons. The summed E-state index contributed by atoms with van der Waals surface area (Å²) in [4.78, 5) is 37.2. The Labute approximate surface area is 130 Å². The first-order valence-electron chi connectivity index (χ1n) is 6.41. The fraction of sp³-hybridized carbons (Fsp3) is 0.0667. The number of amides is 1. The number of carbonyl (C=O) groups excluding carboxylic acids is 1. The van der Waals surface area contributed by atoms with Crippen LogP contribution in [0, 0.1) is 0 Å². The topological polar surface area (TPSA) is 126 Å². The van der Waals surface area contributed by atoms with Crippen LogP contribution in [0.2, 0.25) is 0 Å². The molecular formula is C15H12N2O6. The lowest BCUT2D eigenvalue weighted by Gasteiger charge is -2.08. The molecule has 1 amide bonds. The summed E-state index contributed by atoms with van der Waals surface area (Å²) in [5, 5.41) is 20.1. The van der Waals surface area contributed by atoms with E-state index in [-0.39, 0.29) is 11.3 Å². The van der Waals surface area contributed by atoms with Crippen molar-refractivity contribution in [2.75, 3.05) is 11.9 Å². The lowest BCUT2D eigenvalue weighted by molar-refractivity contribution is -0.139. The highest BCUT2D eigenvalue weighted by Crippen LogP contribution is 2.17. The molecule has 0 fully saturated rings. The number of pyridine rings is 1. The van der Waals surface area contributed by atoms with Gasteiger partial charge in [0.2, 0.25) is 0 Å². The van der Waals surface area contributed by atoms with Crippen LogP contribution in [0.25, 0.3) is 0 Å². The molecule has 0 bridgehead atoms. The molecule has 118 valence electrons. The van der Waals surface area contributed by atoms with Crippen molar-refractivity contribution >= 4 is 23.5 Å². The number of ether oxygens (including phenoxy) is 1. The van der Waals surface area contributed by atoms with Crippen molar-refractivity contribution in [2.45, 2.75) is 0 Å². The lowest BCUT2D eigenvalue weighted by Crippen LogP contribution is -2.17. The smallest absolute Gasteiger partial charge is 0.355 e. The third-order valence-electron chi connectivity index (χ3n) is 2.73. The number of aromatic carboxylic acids is 1. The number of nitrogens with one attached hydrogen (secondary N) is 1. The van der Waals surface area contributed by atoms with Gasteiger partial charge < -0.3 is 20.3 Å². The van der Waals surface area contributed by atoms with Crippen molar-refractivity contribution in [1.82, 2.24) is 4.98 Å². The van der Waals surface area contributed by atoms with Crippen LogP contribution in [0.4, 0.5) is 5.69 Å². The molecule has 23 heavy (non-hydrogen) atoms. The van der Waals surface area contributed by atoms with E-state index >= 15 is 0 Å². The molecule has 1 heterocycles. The van der Waals surface area contributed by atoms with Crippen LogP contribution in [0.15, 0.2) is 42.6 Å². The molecule has 2 aromatic rings. The molecule has 2 rings (SSSR count). The zero-order chi connectivity index (χ0) is 16.8. The Hall–Kier alpha value is -3.42. The summed E-state index contributed by atoms with van der Waals surface area (Å²) < 4.78 is 4.96. The number of hydrogen-bond donors (Lipinski definition) is 3. The van der Waals surface area contributed by atoms with Crippen molar-refractivity contribution in [3.63, 3.8) is 0 Å². The summed E-state index contributed by atoms with van der Waals surface area (Å²) >= 11 is 0. The molecule has 0 saturated carbocycles. The third kappa shape index (κ3) is 4.27. The first-order valence-corrected chi connectivity index (χ1v) is 6.41. The van der Waals surface area contributed by atoms with Gasteiger partial charge in [-0.05, 0) is 36.4 Å². The highest BCUT2D eigenvalue weighted by molar-refractivity contribution is 6.09. The molecule has 3 N–H and O–H groups in total. The van der Waals surface area contributed by atoms with E-state index in [4.69, 9.17) is 14.9 Å². The first-order chi connectivity index (χ1) is 11.0. The van der Waals surface area contributed by atoms with Crippen LogP contribution in [-0.4, -0.2) is 39.6 Å². The van der Waals surface area contributed by atoms with Gasteiger partial charge >= 0.3 is 11.9 Å². The molecule has 0 aliphatic carbocycles. The summed E-state index contributed by atoms with van der Waals surface area (Å²) in [6.45, 7) is -0.469. The Balaban J connectivity index is 2.09.